The molecule has 0 heterocycles. The van der Waals surface area contributed by atoms with Crippen LogP contribution in [0.2, 0.25) is 0 Å². The average molecular weight is 339 g/mol. The summed E-state index contributed by atoms with van der Waals surface area (Å²) in [6, 6.07) is 9.78. The molecule has 3 nitrogen and oxygen atoms in total. The first-order chi connectivity index (χ1) is 9.58. The summed E-state index contributed by atoms with van der Waals surface area (Å²) < 4.78 is 24.7. The van der Waals surface area contributed by atoms with E-state index in [1.165, 1.54) is 20.3 Å². The van der Waals surface area contributed by atoms with Gasteiger partial charge in [0, 0.05) is 10.0 Å². The van der Waals surface area contributed by atoms with Crippen molar-refractivity contribution in [3.8, 4) is 16.9 Å². The van der Waals surface area contributed by atoms with Crippen LogP contribution in [0.1, 0.15) is 10.4 Å². The van der Waals surface area contributed by atoms with Gasteiger partial charge in [0.15, 0.2) is 11.6 Å². The summed E-state index contributed by atoms with van der Waals surface area (Å²) in [5.74, 6) is -0.910. The number of rotatable bonds is 3. The van der Waals surface area contributed by atoms with Crippen molar-refractivity contribution in [1.29, 1.82) is 0 Å². The van der Waals surface area contributed by atoms with E-state index in [1.807, 2.05) is 0 Å². The number of carbonyl (C=O) groups excluding carboxylic acids is 1. The average Bonchev–Trinajstić information content (AvgIpc) is 2.47. The van der Waals surface area contributed by atoms with E-state index < -0.39 is 11.8 Å². The van der Waals surface area contributed by atoms with E-state index >= 15 is 0 Å². The van der Waals surface area contributed by atoms with E-state index in [0.29, 0.717) is 10.0 Å². The first-order valence-corrected chi connectivity index (χ1v) is 6.58. The number of benzene rings is 2. The third-order valence-electron chi connectivity index (χ3n) is 2.86. The summed E-state index contributed by atoms with van der Waals surface area (Å²) in [5.41, 5.74) is 1.03. The highest BCUT2D eigenvalue weighted by Gasteiger charge is 2.18. The molecule has 0 bridgehead atoms. The molecule has 0 fully saturated rings. The zero-order valence-corrected chi connectivity index (χ0v) is 12.5. The molecule has 0 spiro atoms. The Kier molecular flexibility index (Phi) is 4.39. The van der Waals surface area contributed by atoms with Gasteiger partial charge < -0.3 is 9.47 Å². The first kappa shape index (κ1) is 14.5. The van der Waals surface area contributed by atoms with Crippen LogP contribution in [0.4, 0.5) is 4.39 Å². The van der Waals surface area contributed by atoms with Crippen LogP contribution in [0.25, 0.3) is 11.1 Å². The van der Waals surface area contributed by atoms with E-state index in [0.717, 1.165) is 0 Å². The van der Waals surface area contributed by atoms with Gasteiger partial charge in [-0.15, -0.1) is 0 Å². The minimum Gasteiger partial charge on any atom is -0.494 e. The molecule has 2 rings (SSSR count). The van der Waals surface area contributed by atoms with Gasteiger partial charge in [-0.25, -0.2) is 9.18 Å². The highest BCUT2D eigenvalue weighted by Crippen LogP contribution is 2.32. The van der Waals surface area contributed by atoms with Gasteiger partial charge in [0.05, 0.1) is 19.8 Å². The molecular weight excluding hydrogens is 327 g/mol. The monoisotopic (exact) mass is 338 g/mol. The molecule has 5 heteroatoms. The molecule has 0 aromatic heterocycles. The lowest BCUT2D eigenvalue weighted by atomic mass is 9.99. The third kappa shape index (κ3) is 2.67. The fourth-order valence-electron chi connectivity index (χ4n) is 1.91. The fraction of sp³-hybridized carbons (Fsp3) is 0.133. The Morgan fingerprint density at radius 2 is 1.90 bits per heavy atom. The van der Waals surface area contributed by atoms with Crippen LogP contribution < -0.4 is 4.74 Å². The lowest BCUT2D eigenvalue weighted by molar-refractivity contribution is 0.0601. The maximum absolute atomic E-state index is 14.3. The Morgan fingerprint density at radius 3 is 2.55 bits per heavy atom. The number of hydrogen-bond donors (Lipinski definition) is 0. The van der Waals surface area contributed by atoms with Gasteiger partial charge >= 0.3 is 5.97 Å². The molecule has 104 valence electrons. The van der Waals surface area contributed by atoms with Crippen LogP contribution in [0.3, 0.4) is 0 Å². The van der Waals surface area contributed by atoms with E-state index in [-0.39, 0.29) is 16.9 Å². The van der Waals surface area contributed by atoms with Gasteiger partial charge in [-0.1, -0.05) is 34.1 Å². The highest BCUT2D eigenvalue weighted by atomic mass is 79.9. The molecule has 0 unspecified atom stereocenters. The van der Waals surface area contributed by atoms with Crippen LogP contribution in [-0.4, -0.2) is 20.2 Å². The van der Waals surface area contributed by atoms with Crippen LogP contribution in [0, 0.1) is 5.82 Å². The van der Waals surface area contributed by atoms with Crippen molar-refractivity contribution in [2.45, 2.75) is 0 Å². The van der Waals surface area contributed by atoms with Gasteiger partial charge in [-0.2, -0.15) is 0 Å². The second-order valence-electron chi connectivity index (χ2n) is 4.00. The third-order valence-corrected chi connectivity index (χ3v) is 3.35. The highest BCUT2D eigenvalue weighted by molar-refractivity contribution is 9.10. The summed E-state index contributed by atoms with van der Waals surface area (Å²) in [6.45, 7) is 0. The van der Waals surface area contributed by atoms with Crippen LogP contribution in [0.5, 0.6) is 5.75 Å². The predicted molar refractivity (Wildman–Crippen MR) is 77.4 cm³/mol. The van der Waals surface area contributed by atoms with Crippen LogP contribution in [-0.2, 0) is 4.74 Å². The van der Waals surface area contributed by atoms with Crippen molar-refractivity contribution >= 4 is 21.9 Å². The number of halogens is 2. The minimum absolute atomic E-state index is 0.126. The maximum Gasteiger partial charge on any atom is 0.338 e. The van der Waals surface area contributed by atoms with Crippen molar-refractivity contribution in [3.05, 3.63) is 52.3 Å². The lowest BCUT2D eigenvalue weighted by Crippen LogP contribution is -2.04. The van der Waals surface area contributed by atoms with Crippen molar-refractivity contribution < 1.29 is 18.7 Å². The Morgan fingerprint density at radius 1 is 1.15 bits per heavy atom. The molecule has 0 aliphatic rings. The van der Waals surface area contributed by atoms with Crippen LogP contribution >= 0.6 is 15.9 Å². The number of methoxy groups -OCH3 is 2. The van der Waals surface area contributed by atoms with E-state index in [2.05, 4.69) is 15.9 Å². The summed E-state index contributed by atoms with van der Waals surface area (Å²) in [7, 11) is 2.68. The lowest BCUT2D eigenvalue weighted by Gasteiger charge is -2.11. The molecule has 0 saturated carbocycles. The second kappa shape index (κ2) is 6.05. The van der Waals surface area contributed by atoms with E-state index in [4.69, 9.17) is 9.47 Å². The minimum atomic E-state index is -0.525. The van der Waals surface area contributed by atoms with Crippen molar-refractivity contribution in [1.82, 2.24) is 0 Å². The molecule has 0 radical (unpaired) electrons. The van der Waals surface area contributed by atoms with E-state index in [9.17, 15) is 9.18 Å². The molecule has 0 aliphatic carbocycles. The Hall–Kier alpha value is -1.88. The summed E-state index contributed by atoms with van der Waals surface area (Å²) in [6.07, 6.45) is 0. The summed E-state index contributed by atoms with van der Waals surface area (Å²) in [5, 5.41) is 0. The molecule has 20 heavy (non-hydrogen) atoms. The van der Waals surface area contributed by atoms with Crippen molar-refractivity contribution in [3.63, 3.8) is 0 Å². The maximum atomic E-state index is 14.3. The second-order valence-corrected chi connectivity index (χ2v) is 4.92. The Labute approximate surface area is 124 Å². The number of hydrogen-bond acceptors (Lipinski definition) is 3. The number of esters is 1. The normalized spacial score (nSPS) is 10.2. The van der Waals surface area contributed by atoms with Gasteiger partial charge in [0.1, 0.15) is 0 Å². The Balaban J connectivity index is 2.67. The first-order valence-electron chi connectivity index (χ1n) is 5.79. The van der Waals surface area contributed by atoms with Crippen molar-refractivity contribution in [2.24, 2.45) is 0 Å². The summed E-state index contributed by atoms with van der Waals surface area (Å²) >= 11 is 3.29. The number of carbonyl (C=O) groups is 1. The molecule has 0 aliphatic heterocycles. The molecular formula is C15H12BrFO3. The molecule has 0 amide bonds. The van der Waals surface area contributed by atoms with Crippen molar-refractivity contribution in [2.75, 3.05) is 14.2 Å². The zero-order valence-electron chi connectivity index (χ0n) is 10.9. The topological polar surface area (TPSA) is 35.5 Å². The van der Waals surface area contributed by atoms with Gasteiger partial charge in [0.25, 0.3) is 0 Å². The smallest absolute Gasteiger partial charge is 0.338 e. The van der Waals surface area contributed by atoms with Crippen LogP contribution in [0.15, 0.2) is 40.9 Å². The SMILES string of the molecule is COC(=O)c1cc(Br)ccc1-c1cccc(OC)c1F. The summed E-state index contributed by atoms with van der Waals surface area (Å²) in [4.78, 5) is 11.8. The molecule has 2 aromatic rings. The number of ether oxygens (including phenoxy) is 2. The van der Waals surface area contributed by atoms with Gasteiger partial charge in [-0.05, 0) is 23.8 Å². The quantitative estimate of drug-likeness (QED) is 0.792. The standard InChI is InChI=1S/C15H12BrFO3/c1-19-13-5-3-4-11(14(13)17)10-7-6-9(16)8-12(10)15(18)20-2/h3-8H,1-2H3. The fourth-order valence-corrected chi connectivity index (χ4v) is 2.27. The molecule has 0 saturated heterocycles. The molecule has 2 aromatic carbocycles. The largest absolute Gasteiger partial charge is 0.494 e. The zero-order chi connectivity index (χ0) is 14.7. The predicted octanol–water partition coefficient (Wildman–Crippen LogP) is 4.05. The van der Waals surface area contributed by atoms with Gasteiger partial charge in [-0.3, -0.25) is 0 Å². The van der Waals surface area contributed by atoms with Gasteiger partial charge in [0.2, 0.25) is 0 Å². The Bertz CT molecular complexity index is 656. The van der Waals surface area contributed by atoms with E-state index in [1.54, 1.807) is 30.3 Å². The molecule has 0 atom stereocenters. The molecule has 0 N–H and O–H groups in total.